The minimum atomic E-state index is -0.248. The highest BCUT2D eigenvalue weighted by Crippen LogP contribution is 2.14. The predicted octanol–water partition coefficient (Wildman–Crippen LogP) is 4.06. The van der Waals surface area contributed by atoms with Crippen molar-refractivity contribution in [2.24, 2.45) is 5.92 Å². The average molecular weight is 279 g/mol. The van der Waals surface area contributed by atoms with E-state index in [4.69, 9.17) is 11.6 Å². The number of aromatic nitrogens is 2. The minimum absolute atomic E-state index is 0.248. The average Bonchev–Trinajstić information content (AvgIpc) is 2.26. The highest BCUT2D eigenvalue weighted by molar-refractivity contribution is 6.29. The van der Waals surface area contributed by atoms with Crippen LogP contribution in [0.3, 0.4) is 0 Å². The first-order chi connectivity index (χ1) is 9.02. The molecule has 2 rings (SSSR count). The SMILES string of the molecule is CC(C)Cc1cc(Cl)nc(Cc2cccc(F)c2)n1. The Bertz CT molecular complexity index is 570. The molecule has 0 saturated carbocycles. The zero-order valence-corrected chi connectivity index (χ0v) is 11.8. The molecule has 0 amide bonds. The molecule has 2 aromatic rings. The van der Waals surface area contributed by atoms with Gasteiger partial charge in [-0.05, 0) is 36.1 Å². The molecule has 0 aliphatic heterocycles. The molecule has 0 spiro atoms. The molecular weight excluding hydrogens is 263 g/mol. The summed E-state index contributed by atoms with van der Waals surface area (Å²) >= 11 is 6.01. The van der Waals surface area contributed by atoms with Crippen molar-refractivity contribution >= 4 is 11.6 Å². The molecule has 0 aliphatic rings. The summed E-state index contributed by atoms with van der Waals surface area (Å²) in [6.45, 7) is 4.25. The zero-order valence-electron chi connectivity index (χ0n) is 11.0. The Morgan fingerprint density at radius 3 is 2.68 bits per heavy atom. The second-order valence-corrected chi connectivity index (χ2v) is 5.39. The third-order valence-electron chi connectivity index (χ3n) is 2.66. The Labute approximate surface area is 117 Å². The second kappa shape index (κ2) is 6.11. The maximum absolute atomic E-state index is 13.1. The van der Waals surface area contributed by atoms with Crippen LogP contribution < -0.4 is 0 Å². The van der Waals surface area contributed by atoms with Crippen LogP contribution in [0.25, 0.3) is 0 Å². The molecular formula is C15H16ClFN2. The maximum Gasteiger partial charge on any atom is 0.134 e. The van der Waals surface area contributed by atoms with Crippen LogP contribution in [0, 0.1) is 11.7 Å². The van der Waals surface area contributed by atoms with Gasteiger partial charge in [0.15, 0.2) is 0 Å². The number of hydrogen-bond donors (Lipinski definition) is 0. The molecule has 1 heterocycles. The molecule has 0 fully saturated rings. The van der Waals surface area contributed by atoms with Gasteiger partial charge in [-0.25, -0.2) is 14.4 Å². The van der Waals surface area contributed by atoms with Crippen LogP contribution in [0.4, 0.5) is 4.39 Å². The molecule has 2 nitrogen and oxygen atoms in total. The van der Waals surface area contributed by atoms with E-state index in [0.29, 0.717) is 23.3 Å². The van der Waals surface area contributed by atoms with Crippen molar-refractivity contribution in [2.75, 3.05) is 0 Å². The van der Waals surface area contributed by atoms with Gasteiger partial charge in [-0.3, -0.25) is 0 Å². The molecule has 4 heteroatoms. The Morgan fingerprint density at radius 2 is 2.00 bits per heavy atom. The smallest absolute Gasteiger partial charge is 0.134 e. The van der Waals surface area contributed by atoms with E-state index in [0.717, 1.165) is 17.7 Å². The third kappa shape index (κ3) is 4.28. The van der Waals surface area contributed by atoms with E-state index in [2.05, 4.69) is 23.8 Å². The Hall–Kier alpha value is -1.48. The van der Waals surface area contributed by atoms with Gasteiger partial charge in [-0.15, -0.1) is 0 Å². The van der Waals surface area contributed by atoms with E-state index in [1.807, 2.05) is 6.07 Å². The minimum Gasteiger partial charge on any atom is -0.237 e. The molecule has 0 saturated heterocycles. The molecule has 0 aliphatic carbocycles. The van der Waals surface area contributed by atoms with Crippen LogP contribution in [0.5, 0.6) is 0 Å². The fourth-order valence-electron chi connectivity index (χ4n) is 1.95. The summed E-state index contributed by atoms with van der Waals surface area (Å²) < 4.78 is 13.1. The van der Waals surface area contributed by atoms with E-state index < -0.39 is 0 Å². The topological polar surface area (TPSA) is 25.8 Å². The summed E-state index contributed by atoms with van der Waals surface area (Å²) in [5.41, 5.74) is 1.78. The van der Waals surface area contributed by atoms with Crippen LogP contribution in [-0.4, -0.2) is 9.97 Å². The predicted molar refractivity (Wildman–Crippen MR) is 74.8 cm³/mol. The van der Waals surface area contributed by atoms with Crippen molar-refractivity contribution in [3.05, 3.63) is 58.4 Å². The molecule has 0 unspecified atom stereocenters. The summed E-state index contributed by atoms with van der Waals surface area (Å²) in [6, 6.07) is 8.25. The van der Waals surface area contributed by atoms with E-state index in [1.54, 1.807) is 12.1 Å². The molecule has 0 N–H and O–H groups in total. The number of halogens is 2. The van der Waals surface area contributed by atoms with Crippen molar-refractivity contribution in [1.82, 2.24) is 9.97 Å². The summed E-state index contributed by atoms with van der Waals surface area (Å²) in [6.07, 6.45) is 1.35. The van der Waals surface area contributed by atoms with Gasteiger partial charge in [0.25, 0.3) is 0 Å². The van der Waals surface area contributed by atoms with E-state index in [9.17, 15) is 4.39 Å². The second-order valence-electron chi connectivity index (χ2n) is 5.00. The first kappa shape index (κ1) is 13.9. The Morgan fingerprint density at radius 1 is 1.21 bits per heavy atom. The quantitative estimate of drug-likeness (QED) is 0.788. The number of hydrogen-bond acceptors (Lipinski definition) is 2. The molecule has 1 aromatic carbocycles. The molecule has 0 bridgehead atoms. The maximum atomic E-state index is 13.1. The lowest BCUT2D eigenvalue weighted by Crippen LogP contribution is -2.04. The number of nitrogens with zero attached hydrogens (tertiary/aromatic N) is 2. The fourth-order valence-corrected chi connectivity index (χ4v) is 2.17. The fraction of sp³-hybridized carbons (Fsp3) is 0.333. The van der Waals surface area contributed by atoms with Crippen LogP contribution >= 0.6 is 11.6 Å². The van der Waals surface area contributed by atoms with Gasteiger partial charge < -0.3 is 0 Å². The van der Waals surface area contributed by atoms with Crippen LogP contribution in [0.15, 0.2) is 30.3 Å². The van der Waals surface area contributed by atoms with Gasteiger partial charge >= 0.3 is 0 Å². The summed E-state index contributed by atoms with van der Waals surface area (Å²) in [5, 5.41) is 0.442. The molecule has 0 atom stereocenters. The molecule has 1 aromatic heterocycles. The van der Waals surface area contributed by atoms with Gasteiger partial charge in [0, 0.05) is 12.1 Å². The van der Waals surface area contributed by atoms with E-state index >= 15 is 0 Å². The highest BCUT2D eigenvalue weighted by atomic mass is 35.5. The van der Waals surface area contributed by atoms with Crippen LogP contribution in [-0.2, 0) is 12.8 Å². The molecule has 0 radical (unpaired) electrons. The van der Waals surface area contributed by atoms with Crippen molar-refractivity contribution < 1.29 is 4.39 Å². The Balaban J connectivity index is 2.22. The first-order valence-corrected chi connectivity index (χ1v) is 6.67. The lowest BCUT2D eigenvalue weighted by atomic mass is 10.1. The van der Waals surface area contributed by atoms with Crippen molar-refractivity contribution in [2.45, 2.75) is 26.7 Å². The van der Waals surface area contributed by atoms with Gasteiger partial charge in [0.05, 0.1) is 0 Å². The van der Waals surface area contributed by atoms with Gasteiger partial charge in [0.1, 0.15) is 16.8 Å². The summed E-state index contributed by atoms with van der Waals surface area (Å²) in [4.78, 5) is 8.68. The third-order valence-corrected chi connectivity index (χ3v) is 2.86. The van der Waals surface area contributed by atoms with Crippen LogP contribution in [0.2, 0.25) is 5.15 Å². The van der Waals surface area contributed by atoms with E-state index in [1.165, 1.54) is 12.1 Å². The summed E-state index contributed by atoms with van der Waals surface area (Å²) in [7, 11) is 0. The lowest BCUT2D eigenvalue weighted by Gasteiger charge is -2.07. The largest absolute Gasteiger partial charge is 0.237 e. The van der Waals surface area contributed by atoms with Gasteiger partial charge in [0.2, 0.25) is 0 Å². The Kier molecular flexibility index (Phi) is 4.48. The first-order valence-electron chi connectivity index (χ1n) is 6.29. The van der Waals surface area contributed by atoms with Crippen molar-refractivity contribution in [3.63, 3.8) is 0 Å². The highest BCUT2D eigenvalue weighted by Gasteiger charge is 2.07. The molecule has 100 valence electrons. The zero-order chi connectivity index (χ0) is 13.8. The number of rotatable bonds is 4. The standard InChI is InChI=1S/C15H16ClFN2/c1-10(2)6-13-9-14(16)19-15(18-13)8-11-4-3-5-12(17)7-11/h3-5,7,9-10H,6,8H2,1-2H3. The number of benzene rings is 1. The van der Waals surface area contributed by atoms with E-state index in [-0.39, 0.29) is 5.82 Å². The normalized spacial score (nSPS) is 11.0. The summed E-state index contributed by atoms with van der Waals surface area (Å²) in [5.74, 6) is 0.892. The monoisotopic (exact) mass is 278 g/mol. The van der Waals surface area contributed by atoms with Gasteiger partial charge in [-0.2, -0.15) is 0 Å². The lowest BCUT2D eigenvalue weighted by molar-refractivity contribution is 0.624. The van der Waals surface area contributed by atoms with Crippen molar-refractivity contribution in [1.29, 1.82) is 0 Å². The molecule has 19 heavy (non-hydrogen) atoms. The van der Waals surface area contributed by atoms with Crippen molar-refractivity contribution in [3.8, 4) is 0 Å². The van der Waals surface area contributed by atoms with Gasteiger partial charge in [-0.1, -0.05) is 37.6 Å². The van der Waals surface area contributed by atoms with Crippen LogP contribution in [0.1, 0.15) is 30.9 Å².